The van der Waals surface area contributed by atoms with Crippen molar-refractivity contribution in [1.29, 1.82) is 0 Å². The Balaban J connectivity index is 1.94. The summed E-state index contributed by atoms with van der Waals surface area (Å²) in [6, 6.07) is 17.0. The third-order valence-electron chi connectivity index (χ3n) is 3.20. The molecule has 2 atom stereocenters. The second-order valence-electron chi connectivity index (χ2n) is 5.00. The van der Waals surface area contributed by atoms with Gasteiger partial charge in [0.05, 0.1) is 6.61 Å². The van der Waals surface area contributed by atoms with E-state index in [1.54, 1.807) is 0 Å². The Kier molecular flexibility index (Phi) is 5.64. The van der Waals surface area contributed by atoms with E-state index in [1.165, 1.54) is 0 Å². The molecular weight excluding hydrogens is 264 g/mol. The normalized spacial score (nSPS) is 13.5. The van der Waals surface area contributed by atoms with E-state index in [4.69, 9.17) is 9.47 Å². The third kappa shape index (κ3) is 4.50. The van der Waals surface area contributed by atoms with E-state index in [0.717, 1.165) is 23.5 Å². The zero-order chi connectivity index (χ0) is 15.1. The molecule has 0 aromatic heterocycles. The van der Waals surface area contributed by atoms with Gasteiger partial charge in [-0.1, -0.05) is 37.3 Å². The molecule has 0 amide bonds. The Morgan fingerprint density at radius 3 is 2.19 bits per heavy atom. The van der Waals surface area contributed by atoms with Crippen molar-refractivity contribution in [2.75, 3.05) is 6.61 Å². The van der Waals surface area contributed by atoms with Crippen LogP contribution >= 0.6 is 0 Å². The number of ether oxygens (including phenoxy) is 2. The molecule has 0 heterocycles. The van der Waals surface area contributed by atoms with E-state index >= 15 is 0 Å². The molecule has 0 saturated carbocycles. The maximum atomic E-state index is 10.3. The van der Waals surface area contributed by atoms with E-state index in [-0.39, 0.29) is 6.10 Å². The first-order valence-corrected chi connectivity index (χ1v) is 7.33. The molecule has 2 aromatic rings. The van der Waals surface area contributed by atoms with E-state index in [1.807, 2.05) is 61.5 Å². The van der Waals surface area contributed by atoms with Crippen molar-refractivity contribution in [2.45, 2.75) is 32.5 Å². The second kappa shape index (κ2) is 7.70. The van der Waals surface area contributed by atoms with Gasteiger partial charge in [0.25, 0.3) is 0 Å². The maximum Gasteiger partial charge on any atom is 0.126 e. The van der Waals surface area contributed by atoms with Gasteiger partial charge in [-0.05, 0) is 43.2 Å². The zero-order valence-electron chi connectivity index (χ0n) is 12.5. The largest absolute Gasteiger partial charge is 0.494 e. The molecule has 1 N–H and O–H groups in total. The molecule has 2 rings (SSSR count). The minimum Gasteiger partial charge on any atom is -0.494 e. The van der Waals surface area contributed by atoms with Gasteiger partial charge in [-0.3, -0.25) is 0 Å². The second-order valence-corrected chi connectivity index (χ2v) is 5.00. The molecule has 2 unspecified atom stereocenters. The Labute approximate surface area is 126 Å². The first-order valence-electron chi connectivity index (χ1n) is 7.33. The third-order valence-corrected chi connectivity index (χ3v) is 3.20. The monoisotopic (exact) mass is 286 g/mol. The van der Waals surface area contributed by atoms with Crippen LogP contribution in [0.4, 0.5) is 0 Å². The number of hydrogen-bond donors (Lipinski definition) is 1. The predicted molar refractivity (Wildman–Crippen MR) is 83.7 cm³/mol. The molecule has 3 heteroatoms. The van der Waals surface area contributed by atoms with Gasteiger partial charge < -0.3 is 14.6 Å². The number of benzene rings is 2. The molecule has 0 fully saturated rings. The minimum absolute atomic E-state index is 0.324. The molecule has 0 aliphatic carbocycles. The van der Waals surface area contributed by atoms with Gasteiger partial charge in [0.2, 0.25) is 0 Å². The Hall–Kier alpha value is -2.00. The molecule has 2 aromatic carbocycles. The molecule has 112 valence electrons. The minimum atomic E-state index is -0.651. The van der Waals surface area contributed by atoms with Gasteiger partial charge in [-0.2, -0.15) is 0 Å². The van der Waals surface area contributed by atoms with Crippen molar-refractivity contribution in [1.82, 2.24) is 0 Å². The van der Waals surface area contributed by atoms with Gasteiger partial charge in [0.1, 0.15) is 23.7 Å². The van der Waals surface area contributed by atoms with Crippen LogP contribution in [0.3, 0.4) is 0 Å². The Morgan fingerprint density at radius 2 is 1.57 bits per heavy atom. The van der Waals surface area contributed by atoms with E-state index in [2.05, 4.69) is 6.92 Å². The van der Waals surface area contributed by atoms with Crippen LogP contribution in [0.2, 0.25) is 0 Å². The maximum absolute atomic E-state index is 10.3. The van der Waals surface area contributed by atoms with Crippen LogP contribution in [0.15, 0.2) is 54.6 Å². The van der Waals surface area contributed by atoms with Crippen LogP contribution in [0.5, 0.6) is 11.5 Å². The van der Waals surface area contributed by atoms with Crippen LogP contribution in [0, 0.1) is 0 Å². The van der Waals surface area contributed by atoms with Gasteiger partial charge in [0.15, 0.2) is 0 Å². The highest BCUT2D eigenvalue weighted by Gasteiger charge is 2.17. The first-order chi connectivity index (χ1) is 10.2. The number of aliphatic hydroxyl groups excluding tert-OH is 1. The predicted octanol–water partition coefficient (Wildman–Crippen LogP) is 3.98. The van der Waals surface area contributed by atoms with Crippen molar-refractivity contribution >= 4 is 0 Å². The van der Waals surface area contributed by atoms with Crippen molar-refractivity contribution in [2.24, 2.45) is 0 Å². The summed E-state index contributed by atoms with van der Waals surface area (Å²) in [5.74, 6) is 1.56. The summed E-state index contributed by atoms with van der Waals surface area (Å²) in [5.41, 5.74) is 0.855. The van der Waals surface area contributed by atoms with Gasteiger partial charge in [0, 0.05) is 0 Å². The van der Waals surface area contributed by atoms with Gasteiger partial charge in [-0.25, -0.2) is 0 Å². The number of rotatable bonds is 7. The van der Waals surface area contributed by atoms with Crippen molar-refractivity contribution in [3.05, 3.63) is 60.2 Å². The topological polar surface area (TPSA) is 38.7 Å². The molecule has 0 bridgehead atoms. The molecule has 0 aliphatic heterocycles. The van der Waals surface area contributed by atoms with Crippen LogP contribution < -0.4 is 9.47 Å². The van der Waals surface area contributed by atoms with E-state index < -0.39 is 6.10 Å². The summed E-state index contributed by atoms with van der Waals surface area (Å²) in [6.45, 7) is 4.65. The fourth-order valence-electron chi connectivity index (χ4n) is 2.03. The molecule has 0 aliphatic rings. The molecule has 0 saturated heterocycles. The van der Waals surface area contributed by atoms with Gasteiger partial charge in [-0.15, -0.1) is 0 Å². The lowest BCUT2D eigenvalue weighted by Gasteiger charge is -2.21. The highest BCUT2D eigenvalue weighted by atomic mass is 16.5. The van der Waals surface area contributed by atoms with Crippen LogP contribution in [-0.4, -0.2) is 17.8 Å². The van der Waals surface area contributed by atoms with E-state index in [0.29, 0.717) is 6.61 Å². The molecule has 3 nitrogen and oxygen atoms in total. The molecule has 0 spiro atoms. The quantitative estimate of drug-likeness (QED) is 0.837. The standard InChI is InChI=1S/C18H22O3/c1-3-13-20-16-9-11-17(12-10-16)21-14(2)18(19)15-7-5-4-6-8-15/h4-12,14,18-19H,3,13H2,1-2H3. The Morgan fingerprint density at radius 1 is 0.952 bits per heavy atom. The fourth-order valence-corrected chi connectivity index (χ4v) is 2.03. The average molecular weight is 286 g/mol. The SMILES string of the molecule is CCCOc1ccc(OC(C)C(O)c2ccccc2)cc1. The van der Waals surface area contributed by atoms with Crippen molar-refractivity contribution < 1.29 is 14.6 Å². The number of hydrogen-bond acceptors (Lipinski definition) is 3. The smallest absolute Gasteiger partial charge is 0.126 e. The van der Waals surface area contributed by atoms with Crippen LogP contribution in [0.25, 0.3) is 0 Å². The summed E-state index contributed by atoms with van der Waals surface area (Å²) in [6.07, 6.45) is 0.00970. The fraction of sp³-hybridized carbons (Fsp3) is 0.333. The number of aliphatic hydroxyl groups is 1. The zero-order valence-corrected chi connectivity index (χ0v) is 12.5. The van der Waals surface area contributed by atoms with Crippen molar-refractivity contribution in [3.63, 3.8) is 0 Å². The lowest BCUT2D eigenvalue weighted by Crippen LogP contribution is -2.21. The highest BCUT2D eigenvalue weighted by Crippen LogP contribution is 2.23. The van der Waals surface area contributed by atoms with Crippen LogP contribution in [0.1, 0.15) is 31.9 Å². The summed E-state index contributed by atoms with van der Waals surface area (Å²) in [5, 5.41) is 10.3. The summed E-state index contributed by atoms with van der Waals surface area (Å²) in [4.78, 5) is 0. The lowest BCUT2D eigenvalue weighted by atomic mass is 10.1. The summed E-state index contributed by atoms with van der Waals surface area (Å²) >= 11 is 0. The van der Waals surface area contributed by atoms with E-state index in [9.17, 15) is 5.11 Å². The average Bonchev–Trinajstić information content (AvgIpc) is 2.54. The lowest BCUT2D eigenvalue weighted by molar-refractivity contribution is 0.0467. The highest BCUT2D eigenvalue weighted by molar-refractivity contribution is 5.31. The van der Waals surface area contributed by atoms with Crippen LogP contribution in [-0.2, 0) is 0 Å². The van der Waals surface area contributed by atoms with Crippen molar-refractivity contribution in [3.8, 4) is 11.5 Å². The summed E-state index contributed by atoms with van der Waals surface area (Å²) in [7, 11) is 0. The first kappa shape index (κ1) is 15.4. The molecular formula is C18H22O3. The molecule has 0 radical (unpaired) electrons. The Bertz CT molecular complexity index is 522. The summed E-state index contributed by atoms with van der Waals surface area (Å²) < 4.78 is 11.3. The van der Waals surface area contributed by atoms with Gasteiger partial charge >= 0.3 is 0 Å². The molecule has 21 heavy (non-hydrogen) atoms.